The van der Waals surface area contributed by atoms with Crippen molar-refractivity contribution in [1.29, 1.82) is 0 Å². The number of thiophene rings is 1. The molecule has 2 aromatic rings. The minimum atomic E-state index is 0.258. The summed E-state index contributed by atoms with van der Waals surface area (Å²) in [5, 5.41) is 2.00. The van der Waals surface area contributed by atoms with E-state index in [0.29, 0.717) is 5.84 Å². The van der Waals surface area contributed by atoms with Crippen molar-refractivity contribution in [2.24, 2.45) is 16.5 Å². The first-order chi connectivity index (χ1) is 8.72. The van der Waals surface area contributed by atoms with Crippen molar-refractivity contribution >= 4 is 22.9 Å². The Bertz CT molecular complexity index is 587. The zero-order valence-corrected chi connectivity index (χ0v) is 10.8. The summed E-state index contributed by atoms with van der Waals surface area (Å²) in [5.41, 5.74) is 15.5. The molecule has 3 rings (SSSR count). The van der Waals surface area contributed by atoms with Gasteiger partial charge in [-0.3, -0.25) is 0 Å². The summed E-state index contributed by atoms with van der Waals surface area (Å²) in [7, 11) is 0. The fourth-order valence-electron chi connectivity index (χ4n) is 2.33. The molecule has 0 amide bonds. The molecule has 4 N–H and O–H groups in total. The molecule has 18 heavy (non-hydrogen) atoms. The van der Waals surface area contributed by atoms with E-state index in [1.807, 2.05) is 23.6 Å². The Hall–Kier alpha value is -1.65. The highest BCUT2D eigenvalue weighted by Crippen LogP contribution is 2.26. The van der Waals surface area contributed by atoms with Gasteiger partial charge in [0.05, 0.1) is 10.6 Å². The molecule has 0 bridgehead atoms. The van der Waals surface area contributed by atoms with Crippen LogP contribution in [0.1, 0.15) is 16.0 Å². The quantitative estimate of drug-likeness (QED) is 0.640. The summed E-state index contributed by atoms with van der Waals surface area (Å²) in [6.45, 7) is 0. The Balaban J connectivity index is 1.90. The molecule has 0 aliphatic heterocycles. The van der Waals surface area contributed by atoms with E-state index in [9.17, 15) is 0 Å². The van der Waals surface area contributed by atoms with Gasteiger partial charge < -0.3 is 11.5 Å². The summed E-state index contributed by atoms with van der Waals surface area (Å²) in [6, 6.07) is 10.4. The van der Waals surface area contributed by atoms with Crippen LogP contribution in [0.5, 0.6) is 0 Å². The number of rotatable bonds is 2. The highest BCUT2D eigenvalue weighted by molar-refractivity contribution is 7.12. The van der Waals surface area contributed by atoms with Gasteiger partial charge >= 0.3 is 0 Å². The van der Waals surface area contributed by atoms with E-state index in [-0.39, 0.29) is 6.04 Å². The number of amidine groups is 1. The van der Waals surface area contributed by atoms with Crippen molar-refractivity contribution in [3.05, 3.63) is 51.7 Å². The lowest BCUT2D eigenvalue weighted by Crippen LogP contribution is -2.18. The van der Waals surface area contributed by atoms with Crippen LogP contribution < -0.4 is 11.5 Å². The average molecular weight is 257 g/mol. The molecule has 3 nitrogen and oxygen atoms in total. The van der Waals surface area contributed by atoms with Gasteiger partial charge in [0.1, 0.15) is 5.84 Å². The largest absolute Gasteiger partial charge is 0.383 e. The van der Waals surface area contributed by atoms with E-state index in [1.54, 1.807) is 11.3 Å². The molecular formula is C14H15N3S. The first-order valence-electron chi connectivity index (χ1n) is 5.98. The topological polar surface area (TPSA) is 64.4 Å². The highest BCUT2D eigenvalue weighted by atomic mass is 32.1. The van der Waals surface area contributed by atoms with Crippen LogP contribution in [0.4, 0.5) is 5.69 Å². The number of nitrogens with zero attached hydrogens (tertiary/aromatic N) is 1. The number of hydrogen-bond acceptors (Lipinski definition) is 3. The molecule has 0 saturated carbocycles. The van der Waals surface area contributed by atoms with Crippen molar-refractivity contribution in [2.45, 2.75) is 18.9 Å². The normalized spacial score (nSPS) is 18.9. The maximum atomic E-state index is 5.98. The van der Waals surface area contributed by atoms with Crippen LogP contribution in [-0.2, 0) is 12.8 Å². The molecule has 4 heteroatoms. The Kier molecular flexibility index (Phi) is 2.89. The van der Waals surface area contributed by atoms with Gasteiger partial charge in [0.25, 0.3) is 0 Å². The summed E-state index contributed by atoms with van der Waals surface area (Å²) < 4.78 is 0. The molecule has 92 valence electrons. The summed E-state index contributed by atoms with van der Waals surface area (Å²) >= 11 is 1.60. The molecule has 1 aliphatic carbocycles. The Morgan fingerprint density at radius 3 is 2.83 bits per heavy atom. The van der Waals surface area contributed by atoms with Crippen molar-refractivity contribution in [1.82, 2.24) is 0 Å². The molecule has 1 aliphatic rings. The number of hydrogen-bond donors (Lipinski definition) is 2. The fraction of sp³-hybridized carbons (Fsp3) is 0.214. The van der Waals surface area contributed by atoms with Crippen LogP contribution in [0, 0.1) is 0 Å². The zero-order valence-electron chi connectivity index (χ0n) is 9.97. The molecule has 1 unspecified atom stereocenters. The maximum Gasteiger partial charge on any atom is 0.141 e. The second-order valence-electron chi connectivity index (χ2n) is 4.60. The molecular weight excluding hydrogens is 242 g/mol. The van der Waals surface area contributed by atoms with Gasteiger partial charge in [-0.25, -0.2) is 4.99 Å². The zero-order chi connectivity index (χ0) is 12.5. The minimum Gasteiger partial charge on any atom is -0.383 e. The number of nitrogens with two attached hydrogens (primary N) is 2. The van der Waals surface area contributed by atoms with Crippen molar-refractivity contribution < 1.29 is 0 Å². The lowest BCUT2D eigenvalue weighted by molar-refractivity contribution is 0.721. The van der Waals surface area contributed by atoms with Crippen molar-refractivity contribution in [2.75, 3.05) is 0 Å². The van der Waals surface area contributed by atoms with E-state index < -0.39 is 0 Å². The lowest BCUT2D eigenvalue weighted by atomic mass is 10.1. The second-order valence-corrected chi connectivity index (χ2v) is 5.54. The predicted octanol–water partition coefficient (Wildman–Crippen LogP) is 2.21. The third-order valence-electron chi connectivity index (χ3n) is 3.18. The van der Waals surface area contributed by atoms with Crippen LogP contribution in [0.3, 0.4) is 0 Å². The monoisotopic (exact) mass is 257 g/mol. The van der Waals surface area contributed by atoms with Gasteiger partial charge in [-0.1, -0.05) is 12.1 Å². The summed E-state index contributed by atoms with van der Waals surface area (Å²) in [4.78, 5) is 5.47. The van der Waals surface area contributed by atoms with Crippen LogP contribution >= 0.6 is 11.3 Å². The molecule has 0 spiro atoms. The first-order valence-corrected chi connectivity index (χ1v) is 6.86. The van der Waals surface area contributed by atoms with Crippen molar-refractivity contribution in [3.63, 3.8) is 0 Å². The summed E-state index contributed by atoms with van der Waals surface area (Å²) in [6.07, 6.45) is 1.91. The lowest BCUT2D eigenvalue weighted by Gasteiger charge is -2.01. The second kappa shape index (κ2) is 4.55. The molecule has 1 aromatic carbocycles. The van der Waals surface area contributed by atoms with Gasteiger partial charge in [-0.05, 0) is 47.5 Å². The highest BCUT2D eigenvalue weighted by Gasteiger charge is 2.17. The van der Waals surface area contributed by atoms with Crippen LogP contribution in [0.15, 0.2) is 40.7 Å². The molecule has 0 saturated heterocycles. The van der Waals surface area contributed by atoms with Gasteiger partial charge in [0.15, 0.2) is 0 Å². The van der Waals surface area contributed by atoms with Crippen molar-refractivity contribution in [3.8, 4) is 0 Å². The first kappa shape index (κ1) is 11.4. The Morgan fingerprint density at radius 1 is 1.22 bits per heavy atom. The SMILES string of the molecule is NC(=Nc1ccc2c(c1)CC(N)C2)c1cccs1. The summed E-state index contributed by atoms with van der Waals surface area (Å²) in [5.74, 6) is 0.576. The maximum absolute atomic E-state index is 5.98. The Labute approximate surface area is 110 Å². The van der Waals surface area contributed by atoms with E-state index >= 15 is 0 Å². The average Bonchev–Trinajstić information content (AvgIpc) is 2.95. The van der Waals surface area contributed by atoms with Gasteiger partial charge in [-0.2, -0.15) is 0 Å². The third-order valence-corrected chi connectivity index (χ3v) is 4.07. The van der Waals surface area contributed by atoms with Gasteiger partial charge in [0.2, 0.25) is 0 Å². The number of aliphatic imine (C=N–C) groups is 1. The minimum absolute atomic E-state index is 0.258. The van der Waals surface area contributed by atoms with Crippen LogP contribution in [0.2, 0.25) is 0 Å². The van der Waals surface area contributed by atoms with E-state index in [1.165, 1.54) is 11.1 Å². The van der Waals surface area contributed by atoms with Crippen LogP contribution in [0.25, 0.3) is 0 Å². The Morgan fingerprint density at radius 2 is 2.06 bits per heavy atom. The fourth-order valence-corrected chi connectivity index (χ4v) is 2.95. The molecule has 1 aromatic heterocycles. The van der Waals surface area contributed by atoms with E-state index in [0.717, 1.165) is 23.4 Å². The number of fused-ring (bicyclic) bond motifs is 1. The molecule has 1 heterocycles. The molecule has 1 atom stereocenters. The molecule has 0 radical (unpaired) electrons. The third kappa shape index (κ3) is 2.17. The molecule has 0 fully saturated rings. The predicted molar refractivity (Wildman–Crippen MR) is 76.5 cm³/mol. The number of benzene rings is 1. The standard InChI is InChI=1S/C14H15N3S/c15-11-6-9-3-4-12(8-10(9)7-11)17-14(16)13-2-1-5-18-13/h1-5,8,11H,6-7,15H2,(H2,16,17). The van der Waals surface area contributed by atoms with Gasteiger partial charge in [0, 0.05) is 6.04 Å². The smallest absolute Gasteiger partial charge is 0.141 e. The van der Waals surface area contributed by atoms with E-state index in [4.69, 9.17) is 11.5 Å². The van der Waals surface area contributed by atoms with Gasteiger partial charge in [-0.15, -0.1) is 11.3 Å². The van der Waals surface area contributed by atoms with Crippen LogP contribution in [-0.4, -0.2) is 11.9 Å². The van der Waals surface area contributed by atoms with E-state index in [2.05, 4.69) is 17.1 Å².